The summed E-state index contributed by atoms with van der Waals surface area (Å²) in [6, 6.07) is 9.73. The quantitative estimate of drug-likeness (QED) is 0.790. The van der Waals surface area contributed by atoms with E-state index in [4.69, 9.17) is 0 Å². The van der Waals surface area contributed by atoms with Crippen LogP contribution in [-0.2, 0) is 0 Å². The molecular formula is C15H24N2. The molecule has 0 N–H and O–H groups in total. The first kappa shape index (κ1) is 12.4. The molecule has 0 bridgehead atoms. The van der Waals surface area contributed by atoms with E-state index in [2.05, 4.69) is 62.0 Å². The Labute approximate surface area is 105 Å². The van der Waals surface area contributed by atoms with Crippen LogP contribution >= 0.6 is 0 Å². The summed E-state index contributed by atoms with van der Waals surface area (Å²) in [6.07, 6.45) is 1.31. The molecule has 1 aliphatic rings. The summed E-state index contributed by atoms with van der Waals surface area (Å²) in [4.78, 5) is 4.73. The Kier molecular flexibility index (Phi) is 3.72. The second-order valence-electron chi connectivity index (χ2n) is 5.56. The summed E-state index contributed by atoms with van der Waals surface area (Å²) in [7, 11) is 4.18. The highest BCUT2D eigenvalue weighted by atomic mass is 15.2. The van der Waals surface area contributed by atoms with Crippen LogP contribution in [0.3, 0.4) is 0 Å². The third-order valence-electron chi connectivity index (χ3n) is 3.83. The van der Waals surface area contributed by atoms with Crippen LogP contribution in [-0.4, -0.2) is 38.1 Å². The van der Waals surface area contributed by atoms with Gasteiger partial charge in [-0.15, -0.1) is 0 Å². The van der Waals surface area contributed by atoms with E-state index in [1.165, 1.54) is 30.8 Å². The molecular weight excluding hydrogens is 208 g/mol. The van der Waals surface area contributed by atoms with Crippen molar-refractivity contribution in [2.75, 3.05) is 32.1 Å². The van der Waals surface area contributed by atoms with Crippen LogP contribution in [0.2, 0.25) is 0 Å². The minimum Gasteiger partial charge on any atom is -0.378 e. The number of hydrogen-bond donors (Lipinski definition) is 0. The van der Waals surface area contributed by atoms with E-state index < -0.39 is 0 Å². The van der Waals surface area contributed by atoms with Crippen molar-refractivity contribution in [2.24, 2.45) is 0 Å². The molecule has 0 radical (unpaired) electrons. The Morgan fingerprint density at radius 3 is 2.29 bits per heavy atom. The number of likely N-dealkylation sites (tertiary alicyclic amines) is 1. The molecule has 1 heterocycles. The molecule has 2 heteroatoms. The first-order chi connectivity index (χ1) is 8.08. The van der Waals surface area contributed by atoms with Gasteiger partial charge in [-0.1, -0.05) is 12.1 Å². The Hall–Kier alpha value is -1.02. The molecule has 1 atom stereocenters. The van der Waals surface area contributed by atoms with Crippen molar-refractivity contribution in [3.8, 4) is 0 Å². The third-order valence-corrected chi connectivity index (χ3v) is 3.83. The molecule has 1 aliphatic heterocycles. The summed E-state index contributed by atoms with van der Waals surface area (Å²) < 4.78 is 0. The summed E-state index contributed by atoms with van der Waals surface area (Å²) in [5.74, 6) is 0.730. The molecule has 0 aliphatic carbocycles. The van der Waals surface area contributed by atoms with Gasteiger partial charge in [-0.2, -0.15) is 0 Å². The zero-order chi connectivity index (χ0) is 12.4. The van der Waals surface area contributed by atoms with Gasteiger partial charge in [0.1, 0.15) is 0 Å². The summed E-state index contributed by atoms with van der Waals surface area (Å²) in [5.41, 5.74) is 2.78. The summed E-state index contributed by atoms with van der Waals surface area (Å²) in [6.45, 7) is 7.05. The number of anilines is 1. The SMILES string of the molecule is CC(C)N1CCC(c2ccc(N(C)C)cc2)C1. The lowest BCUT2D eigenvalue weighted by molar-refractivity contribution is 0.272. The van der Waals surface area contributed by atoms with Crippen LogP contribution in [0.25, 0.3) is 0 Å². The molecule has 1 aromatic rings. The van der Waals surface area contributed by atoms with Gasteiger partial charge in [-0.05, 0) is 50.4 Å². The molecule has 2 nitrogen and oxygen atoms in total. The van der Waals surface area contributed by atoms with E-state index in [9.17, 15) is 0 Å². The second-order valence-corrected chi connectivity index (χ2v) is 5.56. The van der Waals surface area contributed by atoms with Crippen molar-refractivity contribution in [1.29, 1.82) is 0 Å². The predicted octanol–water partition coefficient (Wildman–Crippen LogP) is 2.95. The lowest BCUT2D eigenvalue weighted by atomic mass is 9.98. The van der Waals surface area contributed by atoms with E-state index in [0.717, 1.165) is 5.92 Å². The van der Waals surface area contributed by atoms with E-state index in [1.807, 2.05) is 0 Å². The van der Waals surface area contributed by atoms with Crippen molar-refractivity contribution in [3.05, 3.63) is 29.8 Å². The summed E-state index contributed by atoms with van der Waals surface area (Å²) in [5, 5.41) is 0. The first-order valence-electron chi connectivity index (χ1n) is 6.59. The molecule has 0 spiro atoms. The van der Waals surface area contributed by atoms with Crippen LogP contribution in [0.5, 0.6) is 0 Å². The molecule has 0 amide bonds. The van der Waals surface area contributed by atoms with E-state index in [0.29, 0.717) is 6.04 Å². The van der Waals surface area contributed by atoms with Gasteiger partial charge in [-0.3, -0.25) is 0 Å². The fourth-order valence-corrected chi connectivity index (χ4v) is 2.57. The van der Waals surface area contributed by atoms with Gasteiger partial charge in [0.15, 0.2) is 0 Å². The molecule has 94 valence electrons. The van der Waals surface area contributed by atoms with E-state index >= 15 is 0 Å². The Balaban J connectivity index is 2.04. The van der Waals surface area contributed by atoms with Gasteiger partial charge in [0.25, 0.3) is 0 Å². The molecule has 1 unspecified atom stereocenters. The van der Waals surface area contributed by atoms with E-state index in [1.54, 1.807) is 0 Å². The summed E-state index contributed by atoms with van der Waals surface area (Å²) >= 11 is 0. The molecule has 1 saturated heterocycles. The average molecular weight is 232 g/mol. The minimum absolute atomic E-state index is 0.682. The van der Waals surface area contributed by atoms with Crippen molar-refractivity contribution in [1.82, 2.24) is 4.90 Å². The second kappa shape index (κ2) is 5.09. The zero-order valence-corrected chi connectivity index (χ0v) is 11.5. The van der Waals surface area contributed by atoms with Gasteiger partial charge in [0.2, 0.25) is 0 Å². The topological polar surface area (TPSA) is 6.48 Å². The van der Waals surface area contributed by atoms with Gasteiger partial charge in [0.05, 0.1) is 0 Å². The maximum absolute atomic E-state index is 2.57. The van der Waals surface area contributed by atoms with Crippen LogP contribution < -0.4 is 4.90 Å². The van der Waals surface area contributed by atoms with Crippen LogP contribution in [0.4, 0.5) is 5.69 Å². The first-order valence-corrected chi connectivity index (χ1v) is 6.59. The molecule has 2 rings (SSSR count). The van der Waals surface area contributed by atoms with Crippen molar-refractivity contribution in [2.45, 2.75) is 32.2 Å². The molecule has 0 saturated carbocycles. The van der Waals surface area contributed by atoms with Gasteiger partial charge < -0.3 is 9.80 Å². The monoisotopic (exact) mass is 232 g/mol. The normalized spacial score (nSPS) is 21.1. The number of hydrogen-bond acceptors (Lipinski definition) is 2. The Morgan fingerprint density at radius 2 is 1.82 bits per heavy atom. The van der Waals surface area contributed by atoms with Gasteiger partial charge in [0, 0.05) is 32.4 Å². The molecule has 0 aromatic heterocycles. The minimum atomic E-state index is 0.682. The van der Waals surface area contributed by atoms with Gasteiger partial charge >= 0.3 is 0 Å². The largest absolute Gasteiger partial charge is 0.378 e. The van der Waals surface area contributed by atoms with Crippen molar-refractivity contribution >= 4 is 5.69 Å². The zero-order valence-electron chi connectivity index (χ0n) is 11.5. The molecule has 1 fully saturated rings. The fraction of sp³-hybridized carbons (Fsp3) is 0.600. The molecule has 1 aromatic carbocycles. The van der Waals surface area contributed by atoms with Crippen molar-refractivity contribution < 1.29 is 0 Å². The van der Waals surface area contributed by atoms with Crippen molar-refractivity contribution in [3.63, 3.8) is 0 Å². The Bertz CT molecular complexity index is 354. The maximum atomic E-state index is 2.57. The smallest absolute Gasteiger partial charge is 0.0361 e. The number of benzene rings is 1. The standard InChI is InChI=1S/C15H24N2/c1-12(2)17-10-9-14(11-17)13-5-7-15(8-6-13)16(3)4/h5-8,12,14H,9-11H2,1-4H3. The lowest BCUT2D eigenvalue weighted by Crippen LogP contribution is -2.27. The highest BCUT2D eigenvalue weighted by molar-refractivity contribution is 5.46. The predicted molar refractivity (Wildman–Crippen MR) is 74.8 cm³/mol. The number of nitrogens with zero attached hydrogens (tertiary/aromatic N) is 2. The van der Waals surface area contributed by atoms with Crippen LogP contribution in [0.15, 0.2) is 24.3 Å². The lowest BCUT2D eigenvalue weighted by Gasteiger charge is -2.20. The third kappa shape index (κ3) is 2.81. The van der Waals surface area contributed by atoms with E-state index in [-0.39, 0.29) is 0 Å². The number of rotatable bonds is 3. The molecule has 17 heavy (non-hydrogen) atoms. The van der Waals surface area contributed by atoms with Crippen LogP contribution in [0.1, 0.15) is 31.7 Å². The highest BCUT2D eigenvalue weighted by Crippen LogP contribution is 2.29. The average Bonchev–Trinajstić information content (AvgIpc) is 2.78. The maximum Gasteiger partial charge on any atom is 0.0361 e. The fourth-order valence-electron chi connectivity index (χ4n) is 2.57. The van der Waals surface area contributed by atoms with Gasteiger partial charge in [-0.25, -0.2) is 0 Å². The highest BCUT2D eigenvalue weighted by Gasteiger charge is 2.25. The Morgan fingerprint density at radius 1 is 1.18 bits per heavy atom. The van der Waals surface area contributed by atoms with Crippen LogP contribution in [0, 0.1) is 0 Å².